The van der Waals surface area contributed by atoms with Crippen LogP contribution >= 0.6 is 15.9 Å². The lowest BCUT2D eigenvalue weighted by molar-refractivity contribution is 0.412. The topological polar surface area (TPSA) is 12.0 Å². The summed E-state index contributed by atoms with van der Waals surface area (Å²) >= 11 is 3.49. The molecule has 2 unspecified atom stereocenters. The SMILES string of the molecule is CCC(C)CC(C)NCc1cccc(Br)c1. The lowest BCUT2D eigenvalue weighted by Crippen LogP contribution is -2.27. The van der Waals surface area contributed by atoms with E-state index in [9.17, 15) is 0 Å². The highest BCUT2D eigenvalue weighted by Gasteiger charge is 2.06. The summed E-state index contributed by atoms with van der Waals surface area (Å²) < 4.78 is 1.15. The van der Waals surface area contributed by atoms with E-state index in [2.05, 4.69) is 66.3 Å². The first-order valence-electron chi connectivity index (χ1n) is 6.09. The molecule has 0 aliphatic heterocycles. The Morgan fingerprint density at radius 1 is 1.31 bits per heavy atom. The van der Waals surface area contributed by atoms with Crippen LogP contribution in [0.2, 0.25) is 0 Å². The molecule has 0 fully saturated rings. The van der Waals surface area contributed by atoms with Gasteiger partial charge in [-0.25, -0.2) is 0 Å². The van der Waals surface area contributed by atoms with Gasteiger partial charge in [0.25, 0.3) is 0 Å². The van der Waals surface area contributed by atoms with E-state index in [4.69, 9.17) is 0 Å². The van der Waals surface area contributed by atoms with Crippen molar-refractivity contribution in [1.82, 2.24) is 5.32 Å². The third kappa shape index (κ3) is 5.13. The van der Waals surface area contributed by atoms with E-state index in [-0.39, 0.29) is 0 Å². The molecule has 0 bridgehead atoms. The van der Waals surface area contributed by atoms with Crippen LogP contribution in [0.3, 0.4) is 0 Å². The Bertz CT molecular complexity index is 311. The molecule has 2 atom stereocenters. The molecule has 0 saturated carbocycles. The van der Waals surface area contributed by atoms with E-state index in [0.717, 1.165) is 16.9 Å². The van der Waals surface area contributed by atoms with Crippen LogP contribution in [0.25, 0.3) is 0 Å². The molecular formula is C14H22BrN. The summed E-state index contributed by atoms with van der Waals surface area (Å²) in [5, 5.41) is 3.57. The molecule has 90 valence electrons. The summed E-state index contributed by atoms with van der Waals surface area (Å²) in [5.74, 6) is 0.810. The van der Waals surface area contributed by atoms with Crippen molar-refractivity contribution >= 4 is 15.9 Å². The number of hydrogen-bond acceptors (Lipinski definition) is 1. The zero-order valence-electron chi connectivity index (χ0n) is 10.5. The summed E-state index contributed by atoms with van der Waals surface area (Å²) in [6, 6.07) is 9.07. The summed E-state index contributed by atoms with van der Waals surface area (Å²) in [5.41, 5.74) is 1.34. The Morgan fingerprint density at radius 3 is 2.69 bits per heavy atom. The summed E-state index contributed by atoms with van der Waals surface area (Å²) in [4.78, 5) is 0. The average molecular weight is 284 g/mol. The van der Waals surface area contributed by atoms with Gasteiger partial charge in [-0.05, 0) is 37.0 Å². The van der Waals surface area contributed by atoms with Gasteiger partial charge in [-0.15, -0.1) is 0 Å². The van der Waals surface area contributed by atoms with Gasteiger partial charge in [-0.1, -0.05) is 48.3 Å². The Kier molecular flexibility index (Phi) is 6.07. The Morgan fingerprint density at radius 2 is 2.06 bits per heavy atom. The largest absolute Gasteiger partial charge is 0.310 e. The minimum absolute atomic E-state index is 0.592. The maximum absolute atomic E-state index is 3.57. The molecule has 1 rings (SSSR count). The Hall–Kier alpha value is -0.340. The molecule has 1 aromatic carbocycles. The molecule has 1 aromatic rings. The third-order valence-electron chi connectivity index (χ3n) is 3.00. The van der Waals surface area contributed by atoms with E-state index in [0.29, 0.717) is 6.04 Å². The fourth-order valence-corrected chi connectivity index (χ4v) is 2.24. The Balaban J connectivity index is 2.34. The zero-order chi connectivity index (χ0) is 12.0. The van der Waals surface area contributed by atoms with Crippen LogP contribution in [0, 0.1) is 5.92 Å². The van der Waals surface area contributed by atoms with Crippen molar-refractivity contribution in [3.05, 3.63) is 34.3 Å². The maximum atomic E-state index is 3.57. The second kappa shape index (κ2) is 7.08. The summed E-state index contributed by atoms with van der Waals surface area (Å²) in [7, 11) is 0. The fraction of sp³-hybridized carbons (Fsp3) is 0.571. The first-order valence-corrected chi connectivity index (χ1v) is 6.89. The first-order chi connectivity index (χ1) is 7.61. The van der Waals surface area contributed by atoms with Gasteiger partial charge in [-0.2, -0.15) is 0 Å². The van der Waals surface area contributed by atoms with Crippen molar-refractivity contribution in [1.29, 1.82) is 0 Å². The van der Waals surface area contributed by atoms with Crippen molar-refractivity contribution in [2.75, 3.05) is 0 Å². The highest BCUT2D eigenvalue weighted by Crippen LogP contribution is 2.13. The molecule has 0 heterocycles. The molecule has 1 nitrogen and oxygen atoms in total. The van der Waals surface area contributed by atoms with Gasteiger partial charge in [0.05, 0.1) is 0 Å². The summed E-state index contributed by atoms with van der Waals surface area (Å²) in [6.45, 7) is 7.80. The molecule has 0 aliphatic rings. The predicted molar refractivity (Wildman–Crippen MR) is 74.5 cm³/mol. The Labute approximate surface area is 108 Å². The van der Waals surface area contributed by atoms with E-state index < -0.39 is 0 Å². The van der Waals surface area contributed by atoms with Crippen molar-refractivity contribution in [2.45, 2.75) is 46.2 Å². The zero-order valence-corrected chi connectivity index (χ0v) is 12.0. The van der Waals surface area contributed by atoms with Crippen LogP contribution in [0.4, 0.5) is 0 Å². The van der Waals surface area contributed by atoms with Crippen LogP contribution in [-0.2, 0) is 6.54 Å². The minimum atomic E-state index is 0.592. The van der Waals surface area contributed by atoms with Gasteiger partial charge in [0, 0.05) is 17.1 Å². The van der Waals surface area contributed by atoms with Gasteiger partial charge in [0.1, 0.15) is 0 Å². The van der Waals surface area contributed by atoms with E-state index >= 15 is 0 Å². The molecule has 0 amide bonds. The van der Waals surface area contributed by atoms with Gasteiger partial charge in [-0.3, -0.25) is 0 Å². The van der Waals surface area contributed by atoms with Crippen molar-refractivity contribution in [2.24, 2.45) is 5.92 Å². The monoisotopic (exact) mass is 283 g/mol. The van der Waals surface area contributed by atoms with Crippen LogP contribution in [0.1, 0.15) is 39.2 Å². The van der Waals surface area contributed by atoms with Crippen molar-refractivity contribution in [3.8, 4) is 0 Å². The van der Waals surface area contributed by atoms with E-state index in [1.54, 1.807) is 0 Å². The van der Waals surface area contributed by atoms with Crippen molar-refractivity contribution < 1.29 is 0 Å². The lowest BCUT2D eigenvalue weighted by atomic mass is 10.0. The number of benzene rings is 1. The van der Waals surface area contributed by atoms with Crippen molar-refractivity contribution in [3.63, 3.8) is 0 Å². The molecule has 0 spiro atoms. The van der Waals surface area contributed by atoms with E-state index in [1.807, 2.05) is 0 Å². The molecular weight excluding hydrogens is 262 g/mol. The number of rotatable bonds is 6. The molecule has 0 radical (unpaired) electrons. The average Bonchev–Trinajstić information content (AvgIpc) is 2.26. The number of nitrogens with one attached hydrogen (secondary N) is 1. The standard InChI is InChI=1S/C14H22BrN/c1-4-11(2)8-12(3)16-10-13-6-5-7-14(15)9-13/h5-7,9,11-12,16H,4,8,10H2,1-3H3. The third-order valence-corrected chi connectivity index (χ3v) is 3.49. The number of hydrogen-bond donors (Lipinski definition) is 1. The van der Waals surface area contributed by atoms with Crippen LogP contribution in [0.15, 0.2) is 28.7 Å². The number of halogens is 1. The molecule has 0 saturated heterocycles. The minimum Gasteiger partial charge on any atom is -0.310 e. The fourth-order valence-electron chi connectivity index (χ4n) is 1.79. The molecule has 1 N–H and O–H groups in total. The van der Waals surface area contributed by atoms with Gasteiger partial charge in [0.15, 0.2) is 0 Å². The highest BCUT2D eigenvalue weighted by atomic mass is 79.9. The quantitative estimate of drug-likeness (QED) is 0.818. The molecule has 16 heavy (non-hydrogen) atoms. The highest BCUT2D eigenvalue weighted by molar-refractivity contribution is 9.10. The second-order valence-corrected chi connectivity index (χ2v) is 5.58. The van der Waals surface area contributed by atoms with E-state index in [1.165, 1.54) is 18.4 Å². The smallest absolute Gasteiger partial charge is 0.0208 e. The van der Waals surface area contributed by atoms with Crippen LogP contribution < -0.4 is 5.32 Å². The normalized spacial score (nSPS) is 14.8. The molecule has 2 heteroatoms. The second-order valence-electron chi connectivity index (χ2n) is 4.66. The van der Waals surface area contributed by atoms with Crippen LogP contribution in [-0.4, -0.2) is 6.04 Å². The van der Waals surface area contributed by atoms with Gasteiger partial charge < -0.3 is 5.32 Å². The molecule has 0 aromatic heterocycles. The predicted octanol–water partition coefficient (Wildman–Crippen LogP) is 4.36. The van der Waals surface area contributed by atoms with Crippen LogP contribution in [0.5, 0.6) is 0 Å². The van der Waals surface area contributed by atoms with Gasteiger partial charge >= 0.3 is 0 Å². The summed E-state index contributed by atoms with van der Waals surface area (Å²) in [6.07, 6.45) is 2.52. The van der Waals surface area contributed by atoms with Gasteiger partial charge in [0.2, 0.25) is 0 Å². The lowest BCUT2D eigenvalue weighted by Gasteiger charge is -2.17. The first kappa shape index (κ1) is 13.7. The maximum Gasteiger partial charge on any atom is 0.0208 e. The molecule has 0 aliphatic carbocycles.